The van der Waals surface area contributed by atoms with Crippen LogP contribution in [0.1, 0.15) is 15.9 Å². The first-order chi connectivity index (χ1) is 13.1. The number of carbonyl (C=O) groups excluding carboxylic acids is 1. The van der Waals surface area contributed by atoms with Gasteiger partial charge in [-0.25, -0.2) is 4.98 Å². The molecule has 2 aromatic heterocycles. The second-order valence-corrected chi connectivity index (χ2v) is 7.72. The van der Waals surface area contributed by atoms with Crippen LogP contribution < -0.4 is 15.8 Å². The van der Waals surface area contributed by atoms with Crippen LogP contribution in [-0.4, -0.2) is 46.8 Å². The summed E-state index contributed by atoms with van der Waals surface area (Å²) in [6.07, 6.45) is 1.31. The summed E-state index contributed by atoms with van der Waals surface area (Å²) in [6.45, 7) is 2.99. The maximum atomic E-state index is 12.7. The van der Waals surface area contributed by atoms with E-state index in [1.165, 1.54) is 22.0 Å². The summed E-state index contributed by atoms with van der Waals surface area (Å²) >= 11 is 4.76. The second-order valence-electron chi connectivity index (χ2n) is 5.93. The number of fused-ring (bicyclic) bond motifs is 1. The number of rotatable bonds is 4. The summed E-state index contributed by atoms with van der Waals surface area (Å²) in [4.78, 5) is 31.9. The molecule has 1 saturated heterocycles. The third-order valence-corrected chi connectivity index (χ3v) is 5.96. The minimum absolute atomic E-state index is 0.0293. The SMILES string of the molecule is O=C(NCc1ccccc1Br)c1cnc2sc(N3CCOCC3)nn2c1=O. The Kier molecular flexibility index (Phi) is 5.19. The molecule has 0 spiro atoms. The van der Waals surface area contributed by atoms with E-state index in [0.717, 1.165) is 10.0 Å². The number of ether oxygens (including phenoxy) is 1. The molecule has 0 radical (unpaired) electrons. The molecule has 3 aromatic rings. The van der Waals surface area contributed by atoms with Crippen molar-refractivity contribution in [3.8, 4) is 0 Å². The molecule has 1 aliphatic rings. The molecule has 0 atom stereocenters. The minimum Gasteiger partial charge on any atom is -0.378 e. The monoisotopic (exact) mass is 449 g/mol. The lowest BCUT2D eigenvalue weighted by atomic mass is 10.2. The van der Waals surface area contributed by atoms with Crippen LogP contribution in [0.3, 0.4) is 0 Å². The largest absolute Gasteiger partial charge is 0.378 e. The third kappa shape index (κ3) is 3.73. The number of benzene rings is 1. The highest BCUT2D eigenvalue weighted by Gasteiger charge is 2.20. The lowest BCUT2D eigenvalue weighted by Gasteiger charge is -2.25. The summed E-state index contributed by atoms with van der Waals surface area (Å²) in [6, 6.07) is 7.57. The van der Waals surface area contributed by atoms with Crippen molar-refractivity contribution in [3.05, 3.63) is 56.4 Å². The number of anilines is 1. The molecular formula is C17H16BrN5O3S. The first-order valence-electron chi connectivity index (χ1n) is 8.36. The van der Waals surface area contributed by atoms with E-state index >= 15 is 0 Å². The van der Waals surface area contributed by atoms with Gasteiger partial charge in [0.15, 0.2) is 0 Å². The van der Waals surface area contributed by atoms with Gasteiger partial charge in [-0.05, 0) is 11.6 Å². The van der Waals surface area contributed by atoms with E-state index in [1.54, 1.807) is 0 Å². The highest BCUT2D eigenvalue weighted by Crippen LogP contribution is 2.22. The number of halogens is 1. The molecule has 8 nitrogen and oxygen atoms in total. The third-order valence-electron chi connectivity index (χ3n) is 4.20. The predicted molar refractivity (Wildman–Crippen MR) is 105 cm³/mol. The lowest BCUT2D eigenvalue weighted by Crippen LogP contribution is -2.36. The fourth-order valence-electron chi connectivity index (χ4n) is 2.73. The Morgan fingerprint density at radius 2 is 2.07 bits per heavy atom. The number of carbonyl (C=O) groups is 1. The van der Waals surface area contributed by atoms with Crippen LogP contribution in [0, 0.1) is 0 Å². The average molecular weight is 450 g/mol. The van der Waals surface area contributed by atoms with Crippen molar-refractivity contribution in [1.29, 1.82) is 0 Å². The molecule has 10 heteroatoms. The van der Waals surface area contributed by atoms with Crippen molar-refractivity contribution >= 4 is 43.3 Å². The van der Waals surface area contributed by atoms with Crippen LogP contribution in [0.15, 0.2) is 39.7 Å². The number of hydrogen-bond acceptors (Lipinski definition) is 7. The number of hydrogen-bond donors (Lipinski definition) is 1. The van der Waals surface area contributed by atoms with E-state index in [4.69, 9.17) is 4.74 Å². The first kappa shape index (κ1) is 18.1. The van der Waals surface area contributed by atoms with Crippen molar-refractivity contribution in [3.63, 3.8) is 0 Å². The molecule has 1 amide bonds. The molecular weight excluding hydrogens is 434 g/mol. The molecule has 0 aliphatic carbocycles. The highest BCUT2D eigenvalue weighted by molar-refractivity contribution is 9.10. The Morgan fingerprint density at radius 3 is 2.85 bits per heavy atom. The number of nitrogens with zero attached hydrogens (tertiary/aromatic N) is 4. The van der Waals surface area contributed by atoms with Crippen LogP contribution in [0.25, 0.3) is 4.96 Å². The van der Waals surface area contributed by atoms with Gasteiger partial charge in [-0.3, -0.25) is 9.59 Å². The Bertz CT molecular complexity index is 1040. The Morgan fingerprint density at radius 1 is 1.30 bits per heavy atom. The number of nitrogens with one attached hydrogen (secondary N) is 1. The van der Waals surface area contributed by atoms with Gasteiger partial charge in [0.1, 0.15) is 5.56 Å². The fraction of sp³-hybridized carbons (Fsp3) is 0.294. The van der Waals surface area contributed by atoms with E-state index in [-0.39, 0.29) is 5.56 Å². The molecule has 1 N–H and O–H groups in total. The van der Waals surface area contributed by atoms with Gasteiger partial charge in [-0.1, -0.05) is 45.5 Å². The lowest BCUT2D eigenvalue weighted by molar-refractivity contribution is 0.0948. The number of aromatic nitrogens is 3. The molecule has 0 saturated carbocycles. The quantitative estimate of drug-likeness (QED) is 0.651. The minimum atomic E-state index is -0.474. The maximum Gasteiger partial charge on any atom is 0.288 e. The topological polar surface area (TPSA) is 88.8 Å². The van der Waals surface area contributed by atoms with E-state index in [0.29, 0.717) is 42.9 Å². The van der Waals surface area contributed by atoms with Gasteiger partial charge in [-0.15, -0.1) is 5.10 Å². The zero-order valence-electron chi connectivity index (χ0n) is 14.2. The predicted octanol–water partition coefficient (Wildman–Crippen LogP) is 1.68. The average Bonchev–Trinajstić information content (AvgIpc) is 3.13. The molecule has 3 heterocycles. The van der Waals surface area contributed by atoms with Crippen LogP contribution in [0.5, 0.6) is 0 Å². The summed E-state index contributed by atoms with van der Waals surface area (Å²) in [5.74, 6) is -0.474. The zero-order valence-corrected chi connectivity index (χ0v) is 16.6. The van der Waals surface area contributed by atoms with E-state index in [1.807, 2.05) is 24.3 Å². The van der Waals surface area contributed by atoms with E-state index in [9.17, 15) is 9.59 Å². The van der Waals surface area contributed by atoms with Crippen molar-refractivity contribution in [2.75, 3.05) is 31.2 Å². The maximum absolute atomic E-state index is 12.7. The normalized spacial score (nSPS) is 14.5. The van der Waals surface area contributed by atoms with Gasteiger partial charge in [-0.2, -0.15) is 4.52 Å². The standard InChI is InChI=1S/C17H16BrN5O3S/c18-13-4-2-1-3-11(13)9-19-14(24)12-10-20-16-23(15(12)25)21-17(27-16)22-5-7-26-8-6-22/h1-4,10H,5-9H2,(H,19,24). The van der Waals surface area contributed by atoms with Gasteiger partial charge < -0.3 is 15.0 Å². The smallest absolute Gasteiger partial charge is 0.288 e. The van der Waals surface area contributed by atoms with E-state index in [2.05, 4.69) is 36.2 Å². The Hall–Kier alpha value is -2.30. The highest BCUT2D eigenvalue weighted by atomic mass is 79.9. The Labute approximate surface area is 166 Å². The second kappa shape index (κ2) is 7.75. The van der Waals surface area contributed by atoms with Crippen molar-refractivity contribution < 1.29 is 9.53 Å². The van der Waals surface area contributed by atoms with Gasteiger partial charge >= 0.3 is 0 Å². The van der Waals surface area contributed by atoms with Gasteiger partial charge in [0, 0.05) is 30.3 Å². The summed E-state index contributed by atoms with van der Waals surface area (Å²) in [7, 11) is 0. The molecule has 0 bridgehead atoms. The molecule has 140 valence electrons. The zero-order chi connectivity index (χ0) is 18.8. The molecule has 1 aromatic carbocycles. The van der Waals surface area contributed by atoms with Crippen molar-refractivity contribution in [1.82, 2.24) is 19.9 Å². The van der Waals surface area contributed by atoms with Gasteiger partial charge in [0.05, 0.1) is 13.2 Å². The van der Waals surface area contributed by atoms with Crippen molar-refractivity contribution in [2.45, 2.75) is 6.54 Å². The van der Waals surface area contributed by atoms with Crippen LogP contribution in [0.4, 0.5) is 5.13 Å². The molecule has 1 aliphatic heterocycles. The summed E-state index contributed by atoms with van der Waals surface area (Å²) in [5, 5.41) is 7.82. The van der Waals surface area contributed by atoms with Crippen LogP contribution >= 0.6 is 27.3 Å². The Balaban J connectivity index is 1.56. The number of morpholine rings is 1. The molecule has 0 unspecified atom stereocenters. The van der Waals surface area contributed by atoms with Crippen LogP contribution in [-0.2, 0) is 11.3 Å². The molecule has 4 rings (SSSR count). The summed E-state index contributed by atoms with van der Waals surface area (Å²) in [5.41, 5.74) is 0.419. The van der Waals surface area contributed by atoms with Gasteiger partial charge in [0.2, 0.25) is 10.1 Å². The summed E-state index contributed by atoms with van der Waals surface area (Å²) < 4.78 is 7.43. The molecule has 1 fully saturated rings. The first-order valence-corrected chi connectivity index (χ1v) is 9.97. The molecule has 27 heavy (non-hydrogen) atoms. The van der Waals surface area contributed by atoms with Gasteiger partial charge in [0.25, 0.3) is 11.5 Å². The van der Waals surface area contributed by atoms with Crippen molar-refractivity contribution in [2.24, 2.45) is 0 Å². The number of amides is 1. The van der Waals surface area contributed by atoms with Crippen LogP contribution in [0.2, 0.25) is 0 Å². The fourth-order valence-corrected chi connectivity index (χ4v) is 4.06. The van der Waals surface area contributed by atoms with E-state index < -0.39 is 11.5 Å².